The number of hydrogen-bond donors (Lipinski definition) is 1. The van der Waals surface area contributed by atoms with Crippen molar-refractivity contribution in [1.82, 2.24) is 14.8 Å². The highest BCUT2D eigenvalue weighted by molar-refractivity contribution is 6.30. The Kier molecular flexibility index (Phi) is 16.1. The van der Waals surface area contributed by atoms with E-state index in [2.05, 4.69) is 5.32 Å². The minimum Gasteiger partial charge on any atom is -0.497 e. The Bertz CT molecular complexity index is 1890. The van der Waals surface area contributed by atoms with Gasteiger partial charge in [0.15, 0.2) is 0 Å². The minimum atomic E-state index is -0.888. The zero-order chi connectivity index (χ0) is 39.0. The van der Waals surface area contributed by atoms with E-state index in [0.717, 1.165) is 12.8 Å². The van der Waals surface area contributed by atoms with Gasteiger partial charge in [-0.25, -0.2) is 0 Å². The molecular weight excluding hydrogens is 714 g/mol. The molecule has 4 aromatic rings. The quantitative estimate of drug-likeness (QED) is 0.0826. The molecule has 1 aromatic heterocycles. The summed E-state index contributed by atoms with van der Waals surface area (Å²) in [6, 6.07) is 19.6. The molecule has 4 rings (SSSR count). The van der Waals surface area contributed by atoms with Crippen molar-refractivity contribution in [3.63, 3.8) is 0 Å². The molecule has 0 radical (unpaired) electrons. The number of hydrogen-bond acceptors (Lipinski definition) is 9. The molecule has 0 bridgehead atoms. The van der Waals surface area contributed by atoms with E-state index in [9.17, 15) is 24.0 Å². The normalized spacial score (nSPS) is 11.5. The number of halogens is 1. The summed E-state index contributed by atoms with van der Waals surface area (Å²) in [5, 5.41) is 4.01. The summed E-state index contributed by atoms with van der Waals surface area (Å²) >= 11 is 6.02. The van der Waals surface area contributed by atoms with Gasteiger partial charge in [-0.1, -0.05) is 43.6 Å². The summed E-state index contributed by atoms with van der Waals surface area (Å²) in [6.07, 6.45) is 1.44. The van der Waals surface area contributed by atoms with E-state index in [1.807, 2.05) is 13.8 Å². The third kappa shape index (κ3) is 11.4. The molecule has 1 N–H and O–H groups in total. The molecule has 0 saturated carbocycles. The van der Waals surface area contributed by atoms with Gasteiger partial charge in [0, 0.05) is 46.7 Å². The Morgan fingerprint density at radius 1 is 0.815 bits per heavy atom. The average Bonchev–Trinajstić information content (AvgIpc) is 3.45. The number of carbonyl (C=O) groups excluding carboxylic acids is 5. The van der Waals surface area contributed by atoms with Crippen LogP contribution < -0.4 is 10.1 Å². The summed E-state index contributed by atoms with van der Waals surface area (Å²) < 4.78 is 23.2. The van der Waals surface area contributed by atoms with E-state index in [-0.39, 0.29) is 57.5 Å². The second-order valence-electron chi connectivity index (χ2n) is 12.6. The van der Waals surface area contributed by atoms with Crippen molar-refractivity contribution >= 4 is 52.2 Å². The Morgan fingerprint density at radius 3 is 2.09 bits per heavy atom. The fourth-order valence-electron chi connectivity index (χ4n) is 6.04. The van der Waals surface area contributed by atoms with E-state index >= 15 is 0 Å². The zero-order valence-corrected chi connectivity index (χ0v) is 32.0. The van der Waals surface area contributed by atoms with Crippen LogP contribution in [0.15, 0.2) is 72.8 Å². The number of ether oxygens (including phenoxy) is 4. The Morgan fingerprint density at radius 2 is 1.46 bits per heavy atom. The maximum absolute atomic E-state index is 13.5. The molecule has 1 atom stereocenters. The highest BCUT2D eigenvalue weighted by Crippen LogP contribution is 2.31. The molecule has 3 aromatic carbocycles. The molecule has 0 spiro atoms. The molecule has 0 fully saturated rings. The number of rotatable bonds is 20. The number of aromatic nitrogens is 1. The van der Waals surface area contributed by atoms with Gasteiger partial charge in [-0.3, -0.25) is 28.5 Å². The van der Waals surface area contributed by atoms with Crippen LogP contribution in [0, 0.1) is 6.92 Å². The number of nitrogens with one attached hydrogen (secondary N) is 1. The van der Waals surface area contributed by atoms with Gasteiger partial charge in [-0.15, -0.1) is 0 Å². The highest BCUT2D eigenvalue weighted by atomic mass is 35.5. The van der Waals surface area contributed by atoms with Gasteiger partial charge in [0.2, 0.25) is 5.91 Å². The largest absolute Gasteiger partial charge is 0.497 e. The van der Waals surface area contributed by atoms with Crippen LogP contribution in [-0.4, -0.2) is 91.8 Å². The number of amides is 2. The lowest BCUT2D eigenvalue weighted by molar-refractivity contribution is -0.146. The van der Waals surface area contributed by atoms with E-state index in [1.165, 1.54) is 0 Å². The monoisotopic (exact) mass is 761 g/mol. The third-order valence-electron chi connectivity index (χ3n) is 8.71. The first-order valence-corrected chi connectivity index (χ1v) is 18.5. The molecule has 1 unspecified atom stereocenters. The number of methoxy groups -OCH3 is 1. The van der Waals surface area contributed by atoms with Crippen molar-refractivity contribution in [2.24, 2.45) is 0 Å². The molecule has 13 heteroatoms. The van der Waals surface area contributed by atoms with Crippen molar-refractivity contribution in [1.29, 1.82) is 0 Å². The highest BCUT2D eigenvalue weighted by Gasteiger charge is 2.27. The van der Waals surface area contributed by atoms with Crippen LogP contribution in [0.2, 0.25) is 5.02 Å². The van der Waals surface area contributed by atoms with Gasteiger partial charge in [0.25, 0.3) is 11.8 Å². The van der Waals surface area contributed by atoms with Crippen molar-refractivity contribution < 1.29 is 42.9 Å². The minimum absolute atomic E-state index is 0.0333. The lowest BCUT2D eigenvalue weighted by Gasteiger charge is -2.27. The molecule has 2 amide bonds. The number of nitrogens with zero attached hydrogens (tertiary/aromatic N) is 2. The SMILES string of the molecule is CCCN(CCC)C(=O)C(CCC(=O)OCCOCCOC(=O)Cc1c(C)n(C(=O)c2ccc(Cl)cc2)c2ccc(OC)cc12)NC(=O)c1ccccc1. The molecule has 0 aliphatic rings. The van der Waals surface area contributed by atoms with Crippen LogP contribution in [0.3, 0.4) is 0 Å². The van der Waals surface area contributed by atoms with E-state index in [1.54, 1.807) is 96.3 Å². The maximum atomic E-state index is 13.5. The lowest BCUT2D eigenvalue weighted by Crippen LogP contribution is -2.49. The summed E-state index contributed by atoms with van der Waals surface area (Å²) in [6.45, 7) is 6.89. The average molecular weight is 762 g/mol. The fraction of sp³-hybridized carbons (Fsp3) is 0.390. The summed E-state index contributed by atoms with van der Waals surface area (Å²) in [7, 11) is 1.54. The smallest absolute Gasteiger partial charge is 0.310 e. The van der Waals surface area contributed by atoms with Crippen LogP contribution in [-0.2, 0) is 35.0 Å². The topological polar surface area (TPSA) is 142 Å². The first kappa shape index (κ1) is 41.6. The Hall–Kier alpha value is -5.20. The predicted molar refractivity (Wildman–Crippen MR) is 205 cm³/mol. The molecule has 0 aliphatic heterocycles. The number of fused-ring (bicyclic) bond motifs is 1. The van der Waals surface area contributed by atoms with Gasteiger partial charge in [0.05, 0.1) is 32.3 Å². The third-order valence-corrected chi connectivity index (χ3v) is 8.97. The van der Waals surface area contributed by atoms with Crippen LogP contribution in [0.25, 0.3) is 10.9 Å². The second kappa shape index (κ2) is 20.9. The molecule has 288 valence electrons. The van der Waals surface area contributed by atoms with Gasteiger partial charge >= 0.3 is 11.9 Å². The summed E-state index contributed by atoms with van der Waals surface area (Å²) in [4.78, 5) is 67.0. The van der Waals surface area contributed by atoms with Crippen molar-refractivity contribution in [3.8, 4) is 5.75 Å². The zero-order valence-electron chi connectivity index (χ0n) is 31.2. The first-order valence-electron chi connectivity index (χ1n) is 18.1. The molecular formula is C41H48ClN3O9. The van der Waals surface area contributed by atoms with Crippen molar-refractivity contribution in [3.05, 3.63) is 100 Å². The summed E-state index contributed by atoms with van der Waals surface area (Å²) in [5.41, 5.74) is 2.73. The molecule has 54 heavy (non-hydrogen) atoms. The number of benzene rings is 3. The maximum Gasteiger partial charge on any atom is 0.310 e. The van der Waals surface area contributed by atoms with E-state index in [0.29, 0.717) is 57.1 Å². The second-order valence-corrected chi connectivity index (χ2v) is 13.0. The van der Waals surface area contributed by atoms with Gasteiger partial charge in [-0.2, -0.15) is 0 Å². The van der Waals surface area contributed by atoms with Gasteiger partial charge in [-0.05, 0) is 86.3 Å². The molecule has 0 saturated heterocycles. The van der Waals surface area contributed by atoms with E-state index in [4.69, 9.17) is 30.5 Å². The lowest BCUT2D eigenvalue weighted by atomic mass is 10.1. The van der Waals surface area contributed by atoms with Crippen LogP contribution in [0.4, 0.5) is 0 Å². The number of carbonyl (C=O) groups is 5. The van der Waals surface area contributed by atoms with Crippen LogP contribution in [0.5, 0.6) is 5.75 Å². The van der Waals surface area contributed by atoms with Gasteiger partial charge < -0.3 is 29.2 Å². The summed E-state index contributed by atoms with van der Waals surface area (Å²) in [5.74, 6) is -1.35. The van der Waals surface area contributed by atoms with Gasteiger partial charge in [0.1, 0.15) is 25.0 Å². The van der Waals surface area contributed by atoms with Crippen molar-refractivity contribution in [2.75, 3.05) is 46.6 Å². The predicted octanol–water partition coefficient (Wildman–Crippen LogP) is 6.17. The fourth-order valence-corrected chi connectivity index (χ4v) is 6.16. The Balaban J connectivity index is 1.24. The number of esters is 2. The van der Waals surface area contributed by atoms with E-state index < -0.39 is 23.9 Å². The molecule has 1 heterocycles. The van der Waals surface area contributed by atoms with Crippen LogP contribution in [0.1, 0.15) is 71.5 Å². The Labute approximate surface area is 320 Å². The van der Waals surface area contributed by atoms with Crippen LogP contribution >= 0.6 is 11.6 Å². The standard InChI is InChI=1S/C41H48ClN3O9/c1-5-20-44(21-6-2)41(50)35(43-39(48)29-10-8-7-9-11-29)17-19-37(46)53-24-22-52-23-25-54-38(47)27-33-28(3)45(36-18-16-32(51-4)26-34(33)36)40(49)30-12-14-31(42)15-13-30/h7-16,18,26,35H,5-6,17,19-25,27H2,1-4H3,(H,43,48). The molecule has 12 nitrogen and oxygen atoms in total. The first-order chi connectivity index (χ1) is 26.1. The molecule has 0 aliphatic carbocycles. The van der Waals surface area contributed by atoms with Crippen molar-refractivity contribution in [2.45, 2.75) is 58.9 Å².